The van der Waals surface area contributed by atoms with Gasteiger partial charge in [-0.2, -0.15) is 21.9 Å². The van der Waals surface area contributed by atoms with Crippen molar-refractivity contribution >= 4 is 20.2 Å². The van der Waals surface area contributed by atoms with Crippen molar-refractivity contribution in [2.24, 2.45) is 5.92 Å². The lowest BCUT2D eigenvalue weighted by molar-refractivity contribution is -0.286. The van der Waals surface area contributed by atoms with Crippen LogP contribution in [0.2, 0.25) is 0 Å². The Hall–Kier alpha value is -1.04. The zero-order valence-electron chi connectivity index (χ0n) is 19.2. The van der Waals surface area contributed by atoms with E-state index >= 15 is 0 Å². The maximum atomic E-state index is 11.9. The quantitative estimate of drug-likeness (QED) is 0.512. The van der Waals surface area contributed by atoms with Crippen LogP contribution in [0, 0.1) is 12.8 Å². The van der Waals surface area contributed by atoms with Crippen LogP contribution in [-0.2, 0) is 26.7 Å². The predicted octanol–water partition coefficient (Wildman–Crippen LogP) is 4.54. The Bertz CT molecular complexity index is 1020. The number of benzene rings is 1. The molecule has 0 aromatic heterocycles. The highest BCUT2D eigenvalue weighted by Crippen LogP contribution is 2.52. The Morgan fingerprint density at radius 2 is 1.21 bits per heavy atom. The van der Waals surface area contributed by atoms with Gasteiger partial charge in [0.1, 0.15) is 0 Å². The molecule has 186 valence electrons. The smallest absolute Gasteiger partial charge is 0.294 e. The van der Waals surface area contributed by atoms with E-state index in [1.165, 1.54) is 19.1 Å². The maximum Gasteiger partial charge on any atom is 0.294 e. The molecule has 3 N–H and O–H groups in total. The molecule has 2 saturated carbocycles. The minimum absolute atomic E-state index is 0.121. The van der Waals surface area contributed by atoms with Gasteiger partial charge in [0.25, 0.3) is 20.2 Å². The molecule has 1 aromatic carbocycles. The number of hydrogen-bond donors (Lipinski definition) is 3. The second kappa shape index (κ2) is 8.87. The number of hydrogen-bond acceptors (Lipinski definition) is 6. The van der Waals surface area contributed by atoms with Crippen LogP contribution in [0.1, 0.15) is 88.2 Å². The minimum atomic E-state index is -4.67. The average molecular weight is 502 g/mol. The van der Waals surface area contributed by atoms with Gasteiger partial charge in [0.15, 0.2) is 0 Å². The third-order valence-electron chi connectivity index (χ3n) is 8.26. The summed E-state index contributed by atoms with van der Waals surface area (Å²) in [6.07, 6.45) is 12.1. The highest BCUT2D eigenvalue weighted by atomic mass is 32.2. The van der Waals surface area contributed by atoms with Crippen LogP contribution in [0.3, 0.4) is 0 Å². The number of hydroxylamine groups is 2. The van der Waals surface area contributed by atoms with Gasteiger partial charge in [-0.25, -0.2) is 0 Å². The van der Waals surface area contributed by atoms with Gasteiger partial charge in [-0.15, -0.1) is 0 Å². The van der Waals surface area contributed by atoms with Crippen LogP contribution in [-0.4, -0.2) is 47.3 Å². The number of rotatable bonds is 4. The van der Waals surface area contributed by atoms with Gasteiger partial charge in [0.05, 0.1) is 9.79 Å². The molecule has 1 aliphatic heterocycles. The monoisotopic (exact) mass is 501 g/mol. The molecule has 3 aliphatic rings. The van der Waals surface area contributed by atoms with Gasteiger partial charge in [0, 0.05) is 11.1 Å². The molecule has 1 aromatic rings. The lowest BCUT2D eigenvalue weighted by Crippen LogP contribution is -2.65. The summed E-state index contributed by atoms with van der Waals surface area (Å²) in [7, 11) is -9.33. The molecule has 0 atom stereocenters. The molecule has 33 heavy (non-hydrogen) atoms. The van der Waals surface area contributed by atoms with E-state index in [4.69, 9.17) is 0 Å². The molecule has 0 bridgehead atoms. The molecule has 4 rings (SSSR count). The lowest BCUT2D eigenvalue weighted by atomic mass is 9.62. The van der Waals surface area contributed by atoms with E-state index < -0.39 is 30.0 Å². The van der Waals surface area contributed by atoms with Crippen LogP contribution in [0.15, 0.2) is 21.9 Å². The van der Waals surface area contributed by atoms with E-state index in [0.29, 0.717) is 12.0 Å². The van der Waals surface area contributed by atoms with Gasteiger partial charge in [-0.05, 0) is 81.0 Å². The van der Waals surface area contributed by atoms with E-state index in [2.05, 4.69) is 0 Å². The van der Waals surface area contributed by atoms with Crippen molar-refractivity contribution in [3.8, 4) is 0 Å². The molecule has 0 amide bonds. The van der Waals surface area contributed by atoms with Crippen molar-refractivity contribution in [2.45, 2.75) is 111 Å². The van der Waals surface area contributed by atoms with E-state index in [1.807, 2.05) is 0 Å². The fraction of sp³-hybridized carbons (Fsp3) is 0.739. The molecule has 0 radical (unpaired) electrons. The summed E-state index contributed by atoms with van der Waals surface area (Å²) >= 11 is 0. The molecule has 3 fully saturated rings. The highest BCUT2D eigenvalue weighted by molar-refractivity contribution is 7.86. The van der Waals surface area contributed by atoms with E-state index in [1.54, 1.807) is 5.06 Å². The summed E-state index contributed by atoms with van der Waals surface area (Å²) in [4.78, 5) is -0.987. The first-order chi connectivity index (χ1) is 15.4. The second-order valence-corrected chi connectivity index (χ2v) is 13.3. The number of nitrogens with zero attached hydrogens (tertiary/aromatic N) is 1. The van der Waals surface area contributed by atoms with Crippen LogP contribution in [0.25, 0.3) is 0 Å². The summed E-state index contributed by atoms with van der Waals surface area (Å²) in [6, 6.07) is 2.65. The lowest BCUT2D eigenvalue weighted by Gasteiger charge is -2.59. The standard InChI is InChI=1S/C23H35NO7S2/c1-17-20(32(26,27)28)13-18(14-21(17)33(29,30)31)12-19-15-22(8-4-2-5-9-22)24(25)23(16-19)10-6-3-7-11-23/h13-14,19,25H,2-12,15-16H2,1H3,(H,26,27,28)(H,29,30,31). The van der Waals surface area contributed by atoms with Crippen molar-refractivity contribution in [3.63, 3.8) is 0 Å². The molecule has 2 aliphatic carbocycles. The maximum absolute atomic E-state index is 11.9. The third kappa shape index (κ3) is 4.88. The fourth-order valence-electron chi connectivity index (χ4n) is 6.92. The van der Waals surface area contributed by atoms with Gasteiger partial charge >= 0.3 is 0 Å². The van der Waals surface area contributed by atoms with Crippen LogP contribution in [0.4, 0.5) is 0 Å². The van der Waals surface area contributed by atoms with E-state index in [9.17, 15) is 31.1 Å². The topological polar surface area (TPSA) is 132 Å². The first-order valence-corrected chi connectivity index (χ1v) is 14.8. The Morgan fingerprint density at radius 1 is 0.818 bits per heavy atom. The summed E-state index contributed by atoms with van der Waals surface area (Å²) in [6.45, 7) is 1.26. The molecule has 10 heteroatoms. The Balaban J connectivity index is 1.73. The molecule has 1 heterocycles. The zero-order valence-corrected chi connectivity index (χ0v) is 20.8. The second-order valence-electron chi connectivity index (χ2n) is 10.5. The van der Waals surface area contributed by atoms with Crippen LogP contribution >= 0.6 is 0 Å². The van der Waals surface area contributed by atoms with Crippen molar-refractivity contribution in [2.75, 3.05) is 0 Å². The van der Waals surface area contributed by atoms with Crippen molar-refractivity contribution in [1.29, 1.82) is 0 Å². The Morgan fingerprint density at radius 3 is 1.58 bits per heavy atom. The SMILES string of the molecule is Cc1c(S(=O)(=O)O)cc(CC2CC3(CCCCC3)N(O)C3(CCCCC3)C2)cc1S(=O)(=O)O. The first-order valence-electron chi connectivity index (χ1n) is 11.9. The summed E-state index contributed by atoms with van der Waals surface area (Å²) in [5.41, 5.74) is -0.349. The van der Waals surface area contributed by atoms with Crippen LogP contribution in [0.5, 0.6) is 0 Å². The third-order valence-corrected chi connectivity index (χ3v) is 10.2. The van der Waals surface area contributed by atoms with Crippen molar-refractivity contribution < 1.29 is 31.1 Å². The Labute approximate surface area is 196 Å². The van der Waals surface area contributed by atoms with Gasteiger partial charge < -0.3 is 5.21 Å². The average Bonchev–Trinajstić information content (AvgIpc) is 2.73. The van der Waals surface area contributed by atoms with Gasteiger partial charge in [0.2, 0.25) is 0 Å². The summed E-state index contributed by atoms with van der Waals surface area (Å²) < 4.78 is 67.1. The largest absolute Gasteiger partial charge is 0.313 e. The van der Waals surface area contributed by atoms with Gasteiger partial charge in [-0.1, -0.05) is 38.5 Å². The first kappa shape index (κ1) is 25.1. The minimum Gasteiger partial charge on any atom is -0.313 e. The molecular weight excluding hydrogens is 466 g/mol. The van der Waals surface area contributed by atoms with Gasteiger partial charge in [-0.3, -0.25) is 9.11 Å². The van der Waals surface area contributed by atoms with E-state index in [-0.39, 0.29) is 22.6 Å². The number of piperidine rings is 1. The Kier molecular flexibility index (Phi) is 6.74. The molecule has 1 saturated heterocycles. The molecule has 8 nitrogen and oxygen atoms in total. The van der Waals surface area contributed by atoms with Crippen LogP contribution < -0.4 is 0 Å². The van der Waals surface area contributed by atoms with Crippen molar-refractivity contribution in [1.82, 2.24) is 5.06 Å². The fourth-order valence-corrected chi connectivity index (χ4v) is 8.58. The van der Waals surface area contributed by atoms with Crippen molar-refractivity contribution in [3.05, 3.63) is 23.3 Å². The highest BCUT2D eigenvalue weighted by Gasteiger charge is 2.54. The zero-order chi connectivity index (χ0) is 24.1. The predicted molar refractivity (Wildman–Crippen MR) is 122 cm³/mol. The molecule has 0 unspecified atom stereocenters. The van der Waals surface area contributed by atoms with E-state index in [0.717, 1.165) is 77.0 Å². The normalized spacial score (nSPS) is 26.0. The summed E-state index contributed by atoms with van der Waals surface area (Å²) in [5.74, 6) is 0.121. The summed E-state index contributed by atoms with van der Waals surface area (Å²) in [5, 5.41) is 13.2. The molecule has 2 spiro atoms. The molecular formula is C23H35NO7S2.